The first-order chi connectivity index (χ1) is 19.3. The van der Waals surface area contributed by atoms with Crippen LogP contribution in [0.2, 0.25) is 0 Å². The minimum Gasteiger partial charge on any atom is -0.504 e. The number of phenols is 4. The van der Waals surface area contributed by atoms with E-state index < -0.39 is 0 Å². The molecule has 0 aromatic heterocycles. The van der Waals surface area contributed by atoms with E-state index in [0.29, 0.717) is 31.2 Å². The Bertz CT molecular complexity index is 927. The molecule has 2 aromatic carbocycles. The SMILES string of the molecule is CCCCCCNC(=O)NCCc1ccc(O)c(O)c1.CCCCCCNC(=S)NCCc1ccc(O)c(O)c1. The first kappa shape index (κ1) is 34.6. The minimum absolute atomic E-state index is 0.0841. The molecule has 0 aliphatic carbocycles. The normalized spacial score (nSPS) is 10.2. The molecule has 8 N–H and O–H groups in total. The van der Waals surface area contributed by atoms with Crippen molar-refractivity contribution in [2.24, 2.45) is 0 Å². The molecule has 0 aliphatic rings. The van der Waals surface area contributed by atoms with Gasteiger partial charge < -0.3 is 41.7 Å². The zero-order valence-electron chi connectivity index (χ0n) is 24.0. The molecule has 9 nitrogen and oxygen atoms in total. The Labute approximate surface area is 244 Å². The average Bonchev–Trinajstić information content (AvgIpc) is 2.93. The monoisotopic (exact) mass is 576 g/mol. The predicted molar refractivity (Wildman–Crippen MR) is 165 cm³/mol. The van der Waals surface area contributed by atoms with E-state index in [0.717, 1.165) is 43.4 Å². The Kier molecular flexibility index (Phi) is 18.5. The van der Waals surface area contributed by atoms with E-state index in [9.17, 15) is 25.2 Å². The number of rotatable bonds is 16. The Morgan fingerprint density at radius 3 is 1.50 bits per heavy atom. The number of benzene rings is 2. The first-order valence-electron chi connectivity index (χ1n) is 14.3. The number of nitrogens with one attached hydrogen (secondary N) is 4. The number of thiocarbonyl (C=S) groups is 1. The van der Waals surface area contributed by atoms with Crippen LogP contribution in [0.3, 0.4) is 0 Å². The lowest BCUT2D eigenvalue weighted by molar-refractivity contribution is 0.241. The fourth-order valence-corrected chi connectivity index (χ4v) is 3.93. The molecule has 2 amide bonds. The van der Waals surface area contributed by atoms with E-state index in [1.165, 1.54) is 50.3 Å². The van der Waals surface area contributed by atoms with Crippen LogP contribution in [0.5, 0.6) is 23.0 Å². The molecule has 0 saturated carbocycles. The zero-order valence-corrected chi connectivity index (χ0v) is 24.8. The maximum Gasteiger partial charge on any atom is 0.314 e. The Morgan fingerprint density at radius 2 is 1.02 bits per heavy atom. The molecule has 40 heavy (non-hydrogen) atoms. The highest BCUT2D eigenvalue weighted by Gasteiger charge is 2.03. The number of aromatic hydroxyl groups is 4. The fraction of sp³-hybridized carbons (Fsp3) is 0.533. The largest absolute Gasteiger partial charge is 0.504 e. The van der Waals surface area contributed by atoms with Crippen molar-refractivity contribution in [1.29, 1.82) is 0 Å². The molecule has 0 unspecified atom stereocenters. The molecular formula is C30H48N4O5S. The minimum atomic E-state index is -0.163. The van der Waals surface area contributed by atoms with Crippen LogP contribution in [0, 0.1) is 0 Å². The summed E-state index contributed by atoms with van der Waals surface area (Å²) in [4.78, 5) is 11.5. The third-order valence-electron chi connectivity index (χ3n) is 6.11. The third-order valence-corrected chi connectivity index (χ3v) is 6.40. The molecule has 0 heterocycles. The van der Waals surface area contributed by atoms with Gasteiger partial charge in [0.2, 0.25) is 0 Å². The molecule has 2 aromatic rings. The molecule has 0 radical (unpaired) electrons. The summed E-state index contributed by atoms with van der Waals surface area (Å²) in [6.07, 6.45) is 10.8. The summed E-state index contributed by atoms with van der Waals surface area (Å²) in [6.45, 7) is 7.15. The lowest BCUT2D eigenvalue weighted by Crippen LogP contribution is -2.37. The smallest absolute Gasteiger partial charge is 0.314 e. The van der Waals surface area contributed by atoms with Gasteiger partial charge >= 0.3 is 6.03 Å². The van der Waals surface area contributed by atoms with E-state index in [4.69, 9.17) is 12.2 Å². The predicted octanol–water partition coefficient (Wildman–Crippen LogP) is 5.20. The average molecular weight is 577 g/mol. The summed E-state index contributed by atoms with van der Waals surface area (Å²) in [7, 11) is 0. The quantitative estimate of drug-likeness (QED) is 0.0773. The molecule has 0 aliphatic heterocycles. The topological polar surface area (TPSA) is 146 Å². The number of amides is 2. The lowest BCUT2D eigenvalue weighted by Gasteiger charge is -2.10. The van der Waals surface area contributed by atoms with E-state index in [2.05, 4.69) is 35.1 Å². The number of urea groups is 1. The van der Waals surface area contributed by atoms with E-state index in [1.54, 1.807) is 18.2 Å². The van der Waals surface area contributed by atoms with Gasteiger partial charge in [-0.15, -0.1) is 0 Å². The number of carbonyl (C=O) groups excluding carboxylic acids is 1. The molecule has 2 rings (SSSR count). The molecule has 10 heteroatoms. The molecule has 0 spiro atoms. The molecule has 0 atom stereocenters. The van der Waals surface area contributed by atoms with Crippen molar-refractivity contribution in [3.05, 3.63) is 47.5 Å². The summed E-state index contributed by atoms with van der Waals surface area (Å²) in [6, 6.07) is 9.35. The van der Waals surface area contributed by atoms with Gasteiger partial charge in [-0.3, -0.25) is 0 Å². The van der Waals surface area contributed by atoms with Crippen molar-refractivity contribution < 1.29 is 25.2 Å². The van der Waals surface area contributed by atoms with Crippen LogP contribution in [0.4, 0.5) is 4.79 Å². The van der Waals surface area contributed by atoms with Gasteiger partial charge in [-0.1, -0.05) is 64.5 Å². The van der Waals surface area contributed by atoms with Crippen molar-refractivity contribution in [2.75, 3.05) is 26.2 Å². The summed E-state index contributed by atoms with van der Waals surface area (Å²) < 4.78 is 0. The highest BCUT2D eigenvalue weighted by Crippen LogP contribution is 2.25. The second-order valence-corrected chi connectivity index (χ2v) is 10.0. The van der Waals surface area contributed by atoms with Crippen LogP contribution in [0.25, 0.3) is 0 Å². The maximum atomic E-state index is 11.5. The van der Waals surface area contributed by atoms with E-state index >= 15 is 0 Å². The van der Waals surface area contributed by atoms with E-state index in [1.807, 2.05) is 0 Å². The Balaban J connectivity index is 0.000000400. The zero-order chi connectivity index (χ0) is 29.6. The molecule has 0 fully saturated rings. The van der Waals surface area contributed by atoms with Crippen molar-refractivity contribution in [3.63, 3.8) is 0 Å². The maximum absolute atomic E-state index is 11.5. The lowest BCUT2D eigenvalue weighted by atomic mass is 10.1. The van der Waals surface area contributed by atoms with Crippen molar-refractivity contribution in [3.8, 4) is 23.0 Å². The summed E-state index contributed by atoms with van der Waals surface area (Å²) in [5.74, 6) is -0.445. The van der Waals surface area contributed by atoms with Crippen LogP contribution < -0.4 is 21.3 Å². The van der Waals surface area contributed by atoms with Crippen molar-refractivity contribution >= 4 is 23.4 Å². The van der Waals surface area contributed by atoms with Gasteiger partial charge in [0.25, 0.3) is 0 Å². The van der Waals surface area contributed by atoms with Gasteiger partial charge in [0.05, 0.1) is 0 Å². The highest BCUT2D eigenvalue weighted by atomic mass is 32.1. The van der Waals surface area contributed by atoms with Gasteiger partial charge in [-0.25, -0.2) is 4.79 Å². The Hall–Kier alpha value is -3.40. The molecule has 0 bridgehead atoms. The number of hydrogen-bond acceptors (Lipinski definition) is 6. The summed E-state index contributed by atoms with van der Waals surface area (Å²) in [5.41, 5.74) is 1.82. The van der Waals surface area contributed by atoms with Crippen LogP contribution in [-0.4, -0.2) is 57.7 Å². The summed E-state index contributed by atoms with van der Waals surface area (Å²) in [5, 5.41) is 49.7. The van der Waals surface area contributed by atoms with E-state index in [-0.39, 0.29) is 29.0 Å². The van der Waals surface area contributed by atoms with Crippen LogP contribution in [-0.2, 0) is 12.8 Å². The number of carbonyl (C=O) groups is 1. The fourth-order valence-electron chi connectivity index (χ4n) is 3.72. The van der Waals surface area contributed by atoms with Crippen LogP contribution in [0.1, 0.15) is 76.3 Å². The Morgan fingerprint density at radius 1 is 0.600 bits per heavy atom. The second kappa shape index (κ2) is 21.4. The van der Waals surface area contributed by atoms with Gasteiger partial charge in [0.15, 0.2) is 28.1 Å². The third kappa shape index (κ3) is 16.5. The van der Waals surface area contributed by atoms with Crippen LogP contribution >= 0.6 is 12.2 Å². The molecule has 0 saturated heterocycles. The number of unbranched alkanes of at least 4 members (excludes halogenated alkanes) is 6. The number of phenolic OH excluding ortho intramolecular Hbond substituents is 4. The van der Waals surface area contributed by atoms with Crippen molar-refractivity contribution in [1.82, 2.24) is 21.3 Å². The van der Waals surface area contributed by atoms with Crippen molar-refractivity contribution in [2.45, 2.75) is 78.1 Å². The van der Waals surface area contributed by atoms with Crippen LogP contribution in [0.15, 0.2) is 36.4 Å². The summed E-state index contributed by atoms with van der Waals surface area (Å²) >= 11 is 5.18. The van der Waals surface area contributed by atoms with Gasteiger partial charge in [0.1, 0.15) is 0 Å². The molecule has 224 valence electrons. The van der Waals surface area contributed by atoms with Gasteiger partial charge in [-0.2, -0.15) is 0 Å². The highest BCUT2D eigenvalue weighted by molar-refractivity contribution is 7.80. The molecular weight excluding hydrogens is 528 g/mol. The second-order valence-electron chi connectivity index (χ2n) is 9.63. The first-order valence-corrected chi connectivity index (χ1v) is 14.7. The van der Waals surface area contributed by atoms with Gasteiger partial charge in [-0.05, 0) is 73.3 Å². The number of hydrogen-bond donors (Lipinski definition) is 8. The standard InChI is InChI=1S/C15H24N2O3.C15H24N2O2S/c2*1-2-3-4-5-9-16-15(20)17-10-8-12-6-7-13(18)14(19)11-12/h2*6-7,11,18-19H,2-5,8-10H2,1H3,(H2,16,17,20). The van der Waals surface area contributed by atoms with Gasteiger partial charge in [0, 0.05) is 26.2 Å².